The second-order valence-corrected chi connectivity index (χ2v) is 6.26. The van der Waals surface area contributed by atoms with Crippen molar-refractivity contribution in [3.8, 4) is 5.75 Å². The number of benzene rings is 2. The number of amides is 1. The zero-order chi connectivity index (χ0) is 19.1. The predicted octanol–water partition coefficient (Wildman–Crippen LogP) is 3.42. The lowest BCUT2D eigenvalue weighted by Gasteiger charge is -2.28. The molecule has 0 aliphatic heterocycles. The Morgan fingerprint density at radius 2 is 1.62 bits per heavy atom. The fourth-order valence-corrected chi connectivity index (χ4v) is 2.99. The smallest absolute Gasteiger partial charge is 0.335 e. The molecule has 1 atom stereocenters. The number of rotatable bonds is 8. The summed E-state index contributed by atoms with van der Waals surface area (Å²) < 4.78 is 5.17. The molecule has 2 aromatic carbocycles. The van der Waals surface area contributed by atoms with Crippen LogP contribution in [-0.2, 0) is 17.6 Å². The van der Waals surface area contributed by atoms with Gasteiger partial charge in [-0.1, -0.05) is 24.3 Å². The number of likely N-dealkylation sites (N-methyl/N-ethyl adjacent to an activating group) is 1. The number of hydrogen-bond donors (Lipinski definition) is 1. The molecule has 1 amide bonds. The van der Waals surface area contributed by atoms with Gasteiger partial charge in [-0.2, -0.15) is 0 Å². The molecule has 0 fully saturated rings. The van der Waals surface area contributed by atoms with Crippen LogP contribution < -0.4 is 4.74 Å². The van der Waals surface area contributed by atoms with Crippen LogP contribution in [0.15, 0.2) is 48.5 Å². The molecule has 0 aromatic heterocycles. The topological polar surface area (TPSA) is 66.8 Å². The number of aromatic carboxylic acids is 1. The van der Waals surface area contributed by atoms with Crippen molar-refractivity contribution in [2.45, 2.75) is 32.7 Å². The van der Waals surface area contributed by atoms with Crippen LogP contribution >= 0.6 is 0 Å². The number of ether oxygens (including phenoxy) is 1. The lowest BCUT2D eigenvalue weighted by atomic mass is 10.0. The van der Waals surface area contributed by atoms with E-state index in [-0.39, 0.29) is 23.9 Å². The number of nitrogens with zero attached hydrogens (tertiary/aromatic N) is 1. The number of carbonyl (C=O) groups excluding carboxylic acids is 1. The quantitative estimate of drug-likeness (QED) is 0.788. The molecule has 5 heteroatoms. The van der Waals surface area contributed by atoms with Gasteiger partial charge < -0.3 is 14.7 Å². The number of carboxylic acids is 1. The zero-order valence-corrected chi connectivity index (χ0v) is 15.4. The van der Waals surface area contributed by atoms with Gasteiger partial charge in [-0.25, -0.2) is 4.79 Å². The van der Waals surface area contributed by atoms with Gasteiger partial charge in [0.15, 0.2) is 0 Å². The minimum Gasteiger partial charge on any atom is -0.497 e. The fourth-order valence-electron chi connectivity index (χ4n) is 2.99. The first-order valence-corrected chi connectivity index (χ1v) is 8.69. The maximum atomic E-state index is 12.7. The summed E-state index contributed by atoms with van der Waals surface area (Å²) in [7, 11) is 1.64. The van der Waals surface area contributed by atoms with E-state index < -0.39 is 5.97 Å². The first-order valence-electron chi connectivity index (χ1n) is 8.69. The van der Waals surface area contributed by atoms with E-state index in [1.54, 1.807) is 19.2 Å². The molecular formula is C21H25NO4. The Bertz CT molecular complexity index is 738. The van der Waals surface area contributed by atoms with Crippen molar-refractivity contribution in [1.82, 2.24) is 4.90 Å². The number of methoxy groups -OCH3 is 1. The zero-order valence-electron chi connectivity index (χ0n) is 15.4. The minimum absolute atomic E-state index is 0.0385. The van der Waals surface area contributed by atoms with E-state index in [2.05, 4.69) is 0 Å². The summed E-state index contributed by atoms with van der Waals surface area (Å²) in [5, 5.41) is 8.95. The van der Waals surface area contributed by atoms with E-state index in [1.807, 2.05) is 43.0 Å². The fraction of sp³-hybridized carbons (Fsp3) is 0.333. The SMILES string of the molecule is CCN(C(=O)Cc1ccc(C(=O)O)cc1)C(C)Cc1ccc(OC)cc1. The van der Waals surface area contributed by atoms with Crippen molar-refractivity contribution in [3.63, 3.8) is 0 Å². The molecule has 0 aliphatic carbocycles. The highest BCUT2D eigenvalue weighted by Gasteiger charge is 2.19. The first-order chi connectivity index (χ1) is 12.4. The van der Waals surface area contributed by atoms with Crippen molar-refractivity contribution in [1.29, 1.82) is 0 Å². The molecule has 138 valence electrons. The normalized spacial score (nSPS) is 11.7. The van der Waals surface area contributed by atoms with Crippen LogP contribution in [0.3, 0.4) is 0 Å². The van der Waals surface area contributed by atoms with Crippen molar-refractivity contribution in [2.24, 2.45) is 0 Å². The summed E-state index contributed by atoms with van der Waals surface area (Å²) in [6.45, 7) is 4.64. The highest BCUT2D eigenvalue weighted by atomic mass is 16.5. The van der Waals surface area contributed by atoms with Gasteiger partial charge in [0.25, 0.3) is 0 Å². The van der Waals surface area contributed by atoms with E-state index >= 15 is 0 Å². The monoisotopic (exact) mass is 355 g/mol. The molecule has 1 unspecified atom stereocenters. The van der Waals surface area contributed by atoms with E-state index in [4.69, 9.17) is 9.84 Å². The maximum absolute atomic E-state index is 12.7. The highest BCUT2D eigenvalue weighted by molar-refractivity contribution is 5.87. The molecule has 0 bridgehead atoms. The molecule has 0 saturated carbocycles. The molecule has 1 N–H and O–H groups in total. The summed E-state index contributed by atoms with van der Waals surface area (Å²) >= 11 is 0. The third-order valence-electron chi connectivity index (χ3n) is 4.44. The Labute approximate surface area is 154 Å². The lowest BCUT2D eigenvalue weighted by molar-refractivity contribution is -0.132. The van der Waals surface area contributed by atoms with Gasteiger partial charge in [0.05, 0.1) is 19.1 Å². The van der Waals surface area contributed by atoms with Crippen LogP contribution in [0.4, 0.5) is 0 Å². The Kier molecular flexibility index (Phi) is 6.78. The van der Waals surface area contributed by atoms with Crippen molar-refractivity contribution in [3.05, 3.63) is 65.2 Å². The van der Waals surface area contributed by atoms with Crippen LogP contribution in [0.1, 0.15) is 35.3 Å². The van der Waals surface area contributed by atoms with Crippen LogP contribution in [0.2, 0.25) is 0 Å². The van der Waals surface area contributed by atoms with E-state index in [9.17, 15) is 9.59 Å². The Balaban J connectivity index is 2.00. The Morgan fingerprint density at radius 3 is 2.12 bits per heavy atom. The summed E-state index contributed by atoms with van der Waals surface area (Å²) in [4.78, 5) is 25.4. The van der Waals surface area contributed by atoms with Gasteiger partial charge in [0, 0.05) is 12.6 Å². The standard InChI is InChI=1S/C21H25NO4/c1-4-22(15(2)13-16-7-11-19(26-3)12-8-16)20(23)14-17-5-9-18(10-6-17)21(24)25/h5-12,15H,4,13-14H2,1-3H3,(H,24,25). The molecule has 0 radical (unpaired) electrons. The predicted molar refractivity (Wildman–Crippen MR) is 101 cm³/mol. The molecule has 5 nitrogen and oxygen atoms in total. The van der Waals surface area contributed by atoms with E-state index in [1.165, 1.54) is 12.1 Å². The minimum atomic E-state index is -0.967. The Morgan fingerprint density at radius 1 is 1.04 bits per heavy atom. The maximum Gasteiger partial charge on any atom is 0.335 e. The van der Waals surface area contributed by atoms with Gasteiger partial charge >= 0.3 is 5.97 Å². The summed E-state index contributed by atoms with van der Waals surface area (Å²) in [6, 6.07) is 14.4. The summed E-state index contributed by atoms with van der Waals surface area (Å²) in [6.07, 6.45) is 1.03. The molecule has 26 heavy (non-hydrogen) atoms. The largest absolute Gasteiger partial charge is 0.497 e. The second-order valence-electron chi connectivity index (χ2n) is 6.26. The average molecular weight is 355 g/mol. The summed E-state index contributed by atoms with van der Waals surface area (Å²) in [5.74, 6) is -0.114. The van der Waals surface area contributed by atoms with Crippen LogP contribution in [0.5, 0.6) is 5.75 Å². The molecule has 2 aromatic rings. The van der Waals surface area contributed by atoms with Gasteiger partial charge in [-0.3, -0.25) is 4.79 Å². The van der Waals surface area contributed by atoms with Gasteiger partial charge in [0.1, 0.15) is 5.75 Å². The second kappa shape index (κ2) is 9.04. The van der Waals surface area contributed by atoms with Crippen LogP contribution in [0.25, 0.3) is 0 Å². The van der Waals surface area contributed by atoms with E-state index in [0.29, 0.717) is 6.54 Å². The molecule has 0 spiro atoms. The summed E-state index contributed by atoms with van der Waals surface area (Å²) in [5.41, 5.74) is 2.19. The molecule has 0 aliphatic rings. The lowest BCUT2D eigenvalue weighted by Crippen LogP contribution is -2.40. The average Bonchev–Trinajstić information content (AvgIpc) is 2.63. The Hall–Kier alpha value is -2.82. The van der Waals surface area contributed by atoms with Crippen LogP contribution in [0, 0.1) is 0 Å². The third kappa shape index (κ3) is 5.09. The molecular weight excluding hydrogens is 330 g/mol. The molecule has 2 rings (SSSR count). The molecule has 0 heterocycles. The number of carboxylic acid groups (broad SMARTS) is 1. The van der Waals surface area contributed by atoms with Gasteiger partial charge in [-0.15, -0.1) is 0 Å². The van der Waals surface area contributed by atoms with Crippen molar-refractivity contribution >= 4 is 11.9 Å². The number of carbonyl (C=O) groups is 2. The van der Waals surface area contributed by atoms with E-state index in [0.717, 1.165) is 23.3 Å². The van der Waals surface area contributed by atoms with Gasteiger partial charge in [0.2, 0.25) is 5.91 Å². The van der Waals surface area contributed by atoms with Crippen LogP contribution in [-0.4, -0.2) is 41.6 Å². The van der Waals surface area contributed by atoms with Gasteiger partial charge in [-0.05, 0) is 55.7 Å². The highest BCUT2D eigenvalue weighted by Crippen LogP contribution is 2.16. The third-order valence-corrected chi connectivity index (χ3v) is 4.44. The van der Waals surface area contributed by atoms with Crippen molar-refractivity contribution in [2.75, 3.05) is 13.7 Å². The number of hydrogen-bond acceptors (Lipinski definition) is 3. The first kappa shape index (κ1) is 19.5. The molecule has 0 saturated heterocycles. The van der Waals surface area contributed by atoms with Crippen molar-refractivity contribution < 1.29 is 19.4 Å².